The van der Waals surface area contributed by atoms with Crippen molar-refractivity contribution in [3.8, 4) is 11.4 Å². The molecular formula is C18H23N5O2S. The normalized spacial score (nSPS) is 11.8. The second-order valence-electron chi connectivity index (χ2n) is 6.87. The number of ether oxygens (including phenoxy) is 1. The van der Waals surface area contributed by atoms with Gasteiger partial charge in [-0.05, 0) is 0 Å². The molecule has 0 amide bonds. The zero-order valence-corrected chi connectivity index (χ0v) is 16.3. The van der Waals surface area contributed by atoms with Gasteiger partial charge in [-0.2, -0.15) is 4.98 Å². The molecule has 0 spiro atoms. The third-order valence-electron chi connectivity index (χ3n) is 3.71. The largest absolute Gasteiger partial charge is 0.383 e. The van der Waals surface area contributed by atoms with Gasteiger partial charge in [-0.1, -0.05) is 68.0 Å². The van der Waals surface area contributed by atoms with Gasteiger partial charge in [0.15, 0.2) is 16.8 Å². The van der Waals surface area contributed by atoms with E-state index in [-0.39, 0.29) is 5.41 Å². The Balaban J connectivity index is 1.79. The molecule has 0 atom stereocenters. The van der Waals surface area contributed by atoms with Gasteiger partial charge in [0.25, 0.3) is 0 Å². The van der Waals surface area contributed by atoms with Crippen LogP contribution in [-0.2, 0) is 22.4 Å². The van der Waals surface area contributed by atoms with Crippen LogP contribution < -0.4 is 0 Å². The first-order chi connectivity index (χ1) is 12.5. The van der Waals surface area contributed by atoms with Gasteiger partial charge in [-0.25, -0.2) is 0 Å². The van der Waals surface area contributed by atoms with Crippen LogP contribution in [0.25, 0.3) is 11.4 Å². The average Bonchev–Trinajstić information content (AvgIpc) is 3.25. The van der Waals surface area contributed by atoms with Crippen molar-refractivity contribution in [2.75, 3.05) is 13.7 Å². The molecule has 0 fully saturated rings. The molecule has 0 radical (unpaired) electrons. The molecule has 0 aliphatic carbocycles. The number of aromatic nitrogens is 5. The van der Waals surface area contributed by atoms with Crippen LogP contribution in [0.3, 0.4) is 0 Å². The van der Waals surface area contributed by atoms with E-state index >= 15 is 0 Å². The third-order valence-corrected chi connectivity index (χ3v) is 4.67. The van der Waals surface area contributed by atoms with Crippen LogP contribution in [0.15, 0.2) is 40.0 Å². The van der Waals surface area contributed by atoms with Crippen LogP contribution >= 0.6 is 11.8 Å². The first-order valence-corrected chi connectivity index (χ1v) is 9.41. The molecule has 1 aromatic carbocycles. The summed E-state index contributed by atoms with van der Waals surface area (Å²) in [6, 6.07) is 10.0. The molecule has 7 nitrogen and oxygen atoms in total. The van der Waals surface area contributed by atoms with Gasteiger partial charge in [0, 0.05) is 18.1 Å². The number of benzene rings is 1. The first-order valence-electron chi connectivity index (χ1n) is 8.42. The molecule has 0 aliphatic heterocycles. The zero-order chi connectivity index (χ0) is 18.6. The van der Waals surface area contributed by atoms with E-state index in [9.17, 15) is 0 Å². The molecule has 0 saturated carbocycles. The predicted octanol–water partition coefficient (Wildman–Crippen LogP) is 3.56. The summed E-state index contributed by atoms with van der Waals surface area (Å²) >= 11 is 1.54. The molecule has 0 saturated heterocycles. The van der Waals surface area contributed by atoms with Crippen LogP contribution in [0.1, 0.15) is 32.5 Å². The maximum absolute atomic E-state index is 5.35. The molecule has 26 heavy (non-hydrogen) atoms. The minimum atomic E-state index is -0.158. The Bertz CT molecular complexity index is 839. The molecule has 0 aliphatic rings. The molecule has 0 unspecified atom stereocenters. The number of rotatable bonds is 7. The highest BCUT2D eigenvalue weighted by Gasteiger charge is 2.22. The Morgan fingerprint density at radius 3 is 2.58 bits per heavy atom. The Hall–Kier alpha value is -2.19. The monoisotopic (exact) mass is 373 g/mol. The summed E-state index contributed by atoms with van der Waals surface area (Å²) in [6.07, 6.45) is 0. The van der Waals surface area contributed by atoms with E-state index in [1.54, 1.807) is 7.11 Å². The highest BCUT2D eigenvalue weighted by molar-refractivity contribution is 7.98. The number of methoxy groups -OCH3 is 1. The van der Waals surface area contributed by atoms with Gasteiger partial charge >= 0.3 is 0 Å². The van der Waals surface area contributed by atoms with E-state index in [0.717, 1.165) is 16.5 Å². The van der Waals surface area contributed by atoms with Crippen molar-refractivity contribution in [2.24, 2.45) is 0 Å². The fourth-order valence-electron chi connectivity index (χ4n) is 2.33. The summed E-state index contributed by atoms with van der Waals surface area (Å²) in [7, 11) is 1.69. The predicted molar refractivity (Wildman–Crippen MR) is 99.9 cm³/mol. The number of hydrogen-bond acceptors (Lipinski definition) is 7. The summed E-state index contributed by atoms with van der Waals surface area (Å²) in [5.41, 5.74) is 0.868. The second-order valence-corrected chi connectivity index (χ2v) is 7.81. The lowest BCUT2D eigenvalue weighted by atomic mass is 9.97. The Labute approximate surface area is 157 Å². The molecular weight excluding hydrogens is 350 g/mol. The van der Waals surface area contributed by atoms with Gasteiger partial charge in [-0.3, -0.25) is 4.57 Å². The van der Waals surface area contributed by atoms with Gasteiger partial charge < -0.3 is 9.26 Å². The van der Waals surface area contributed by atoms with Crippen molar-refractivity contribution >= 4 is 11.8 Å². The third kappa shape index (κ3) is 4.31. The SMILES string of the molecule is COCCn1c(SCc2noc(C(C)(C)C)n2)nnc1-c1ccccc1. The van der Waals surface area contributed by atoms with E-state index in [2.05, 4.69) is 24.9 Å². The number of thioether (sulfide) groups is 1. The van der Waals surface area contributed by atoms with Crippen LogP contribution in [0, 0.1) is 0 Å². The first kappa shape index (κ1) is 18.6. The number of nitrogens with zero attached hydrogens (tertiary/aromatic N) is 5. The Kier molecular flexibility index (Phi) is 5.73. The fraction of sp³-hybridized carbons (Fsp3) is 0.444. The summed E-state index contributed by atoms with van der Waals surface area (Å²) < 4.78 is 12.7. The van der Waals surface area contributed by atoms with Crippen molar-refractivity contribution in [3.63, 3.8) is 0 Å². The van der Waals surface area contributed by atoms with Crippen LogP contribution in [0.2, 0.25) is 0 Å². The lowest BCUT2D eigenvalue weighted by molar-refractivity contribution is 0.185. The van der Waals surface area contributed by atoms with Gasteiger partial charge in [0.1, 0.15) is 0 Å². The van der Waals surface area contributed by atoms with E-state index in [4.69, 9.17) is 9.26 Å². The zero-order valence-electron chi connectivity index (χ0n) is 15.5. The van der Waals surface area contributed by atoms with E-state index in [0.29, 0.717) is 30.6 Å². The van der Waals surface area contributed by atoms with Crippen LogP contribution in [-0.4, -0.2) is 38.6 Å². The van der Waals surface area contributed by atoms with E-state index in [1.165, 1.54) is 11.8 Å². The standard InChI is InChI=1S/C18H23N5O2S/c1-18(2,3)16-19-14(22-25-16)12-26-17-21-20-15(23(17)10-11-24-4)13-8-6-5-7-9-13/h5-9H,10-12H2,1-4H3. The molecule has 138 valence electrons. The van der Waals surface area contributed by atoms with Crippen molar-refractivity contribution in [2.45, 2.75) is 43.6 Å². The average molecular weight is 373 g/mol. The molecule has 0 N–H and O–H groups in total. The minimum absolute atomic E-state index is 0.158. The molecule has 2 aromatic heterocycles. The molecule has 3 aromatic rings. The Morgan fingerprint density at radius 2 is 1.92 bits per heavy atom. The maximum atomic E-state index is 5.35. The smallest absolute Gasteiger partial charge is 0.232 e. The quantitative estimate of drug-likeness (QED) is 0.586. The van der Waals surface area contributed by atoms with E-state index in [1.807, 2.05) is 51.1 Å². The van der Waals surface area contributed by atoms with Crippen LogP contribution in [0.5, 0.6) is 0 Å². The lowest BCUT2D eigenvalue weighted by Gasteiger charge is -2.10. The molecule has 8 heteroatoms. The topological polar surface area (TPSA) is 78.9 Å². The molecule has 2 heterocycles. The minimum Gasteiger partial charge on any atom is -0.383 e. The summed E-state index contributed by atoms with van der Waals surface area (Å²) in [6.45, 7) is 7.40. The van der Waals surface area contributed by atoms with Crippen molar-refractivity contribution in [1.29, 1.82) is 0 Å². The molecule has 0 bridgehead atoms. The van der Waals surface area contributed by atoms with Gasteiger partial charge in [0.05, 0.1) is 18.9 Å². The second kappa shape index (κ2) is 8.01. The van der Waals surface area contributed by atoms with Gasteiger partial charge in [-0.15, -0.1) is 10.2 Å². The summed E-state index contributed by atoms with van der Waals surface area (Å²) in [5.74, 6) is 2.69. The summed E-state index contributed by atoms with van der Waals surface area (Å²) in [4.78, 5) is 4.47. The highest BCUT2D eigenvalue weighted by Crippen LogP contribution is 2.27. The summed E-state index contributed by atoms with van der Waals surface area (Å²) in [5, 5.41) is 13.6. The van der Waals surface area contributed by atoms with Crippen molar-refractivity contribution < 1.29 is 9.26 Å². The van der Waals surface area contributed by atoms with Crippen LogP contribution in [0.4, 0.5) is 0 Å². The van der Waals surface area contributed by atoms with Crippen molar-refractivity contribution in [1.82, 2.24) is 24.9 Å². The lowest BCUT2D eigenvalue weighted by Crippen LogP contribution is -2.11. The number of hydrogen-bond donors (Lipinski definition) is 0. The fourth-order valence-corrected chi connectivity index (χ4v) is 3.13. The van der Waals surface area contributed by atoms with Crippen molar-refractivity contribution in [3.05, 3.63) is 42.0 Å². The Morgan fingerprint density at radius 1 is 1.15 bits per heavy atom. The maximum Gasteiger partial charge on any atom is 0.232 e. The van der Waals surface area contributed by atoms with Gasteiger partial charge in [0.2, 0.25) is 5.89 Å². The van der Waals surface area contributed by atoms with E-state index < -0.39 is 0 Å². The molecule has 3 rings (SSSR count). The highest BCUT2D eigenvalue weighted by atomic mass is 32.2.